The van der Waals surface area contributed by atoms with Crippen molar-refractivity contribution in [3.8, 4) is 23.0 Å². The van der Waals surface area contributed by atoms with E-state index in [0.717, 1.165) is 29.7 Å². The molecule has 0 radical (unpaired) electrons. The van der Waals surface area contributed by atoms with Crippen LogP contribution in [0.25, 0.3) is 5.76 Å². The summed E-state index contributed by atoms with van der Waals surface area (Å²) >= 11 is 0. The number of Topliss-reactive ketones (excluding diaryl/α,β-unsaturated/α-hetero) is 1. The van der Waals surface area contributed by atoms with Crippen molar-refractivity contribution in [2.75, 3.05) is 27.9 Å². The van der Waals surface area contributed by atoms with Gasteiger partial charge in [0.1, 0.15) is 17.3 Å². The van der Waals surface area contributed by atoms with Crippen molar-refractivity contribution in [3.63, 3.8) is 0 Å². The maximum Gasteiger partial charge on any atom is 0.295 e. The molecule has 1 unspecified atom stereocenters. The Hall–Kier alpha value is -4.46. The number of methoxy groups -OCH3 is 3. The number of aliphatic hydroxyl groups excluding tert-OH is 1. The normalized spacial score (nSPS) is 18.1. The molecule has 38 heavy (non-hydrogen) atoms. The van der Waals surface area contributed by atoms with Gasteiger partial charge in [0, 0.05) is 12.1 Å². The molecule has 0 aromatic heterocycles. The number of ketones is 1. The highest BCUT2D eigenvalue weighted by Crippen LogP contribution is 2.42. The lowest BCUT2D eigenvalue weighted by molar-refractivity contribution is -0.140. The number of hydrogen-bond donors (Lipinski definition) is 1. The van der Waals surface area contributed by atoms with Crippen molar-refractivity contribution < 1.29 is 33.6 Å². The summed E-state index contributed by atoms with van der Waals surface area (Å²) in [7, 11) is 4.63. The Morgan fingerprint density at radius 1 is 0.974 bits per heavy atom. The minimum Gasteiger partial charge on any atom is -0.507 e. The van der Waals surface area contributed by atoms with E-state index in [0.29, 0.717) is 35.0 Å². The van der Waals surface area contributed by atoms with E-state index in [9.17, 15) is 14.7 Å². The fourth-order valence-corrected chi connectivity index (χ4v) is 5.04. The molecule has 1 amide bonds. The Morgan fingerprint density at radius 2 is 1.79 bits per heavy atom. The van der Waals surface area contributed by atoms with Gasteiger partial charge in [-0.05, 0) is 72.0 Å². The first-order chi connectivity index (χ1) is 18.4. The average molecular weight is 516 g/mol. The molecule has 8 nitrogen and oxygen atoms in total. The van der Waals surface area contributed by atoms with E-state index in [1.807, 2.05) is 18.2 Å². The maximum atomic E-state index is 13.5. The highest BCUT2D eigenvalue weighted by Gasteiger charge is 2.46. The second-order valence-electron chi connectivity index (χ2n) is 9.17. The topological polar surface area (TPSA) is 94.5 Å². The number of ether oxygens (including phenoxy) is 4. The Balaban J connectivity index is 1.62. The molecule has 3 aromatic carbocycles. The van der Waals surface area contributed by atoms with Gasteiger partial charge in [-0.1, -0.05) is 18.2 Å². The number of nitrogens with zero attached hydrogens (tertiary/aromatic N) is 1. The molecule has 5 rings (SSSR count). The number of aliphatic hydroxyl groups is 1. The molecule has 1 N–H and O–H groups in total. The van der Waals surface area contributed by atoms with Crippen LogP contribution in [-0.2, 0) is 22.6 Å². The lowest BCUT2D eigenvalue weighted by Crippen LogP contribution is -2.29. The Labute approximate surface area is 221 Å². The Bertz CT molecular complexity index is 1430. The molecular weight excluding hydrogens is 486 g/mol. The Kier molecular flexibility index (Phi) is 6.96. The van der Waals surface area contributed by atoms with Gasteiger partial charge in [-0.15, -0.1) is 0 Å². The third-order valence-electron chi connectivity index (χ3n) is 6.93. The molecule has 0 bridgehead atoms. The molecule has 0 saturated carbocycles. The van der Waals surface area contributed by atoms with Gasteiger partial charge >= 0.3 is 0 Å². The monoisotopic (exact) mass is 515 g/mol. The zero-order valence-electron chi connectivity index (χ0n) is 21.5. The molecule has 1 fully saturated rings. The van der Waals surface area contributed by atoms with Crippen LogP contribution in [0.3, 0.4) is 0 Å². The smallest absolute Gasteiger partial charge is 0.295 e. The van der Waals surface area contributed by atoms with Crippen molar-refractivity contribution in [1.82, 2.24) is 4.90 Å². The van der Waals surface area contributed by atoms with Crippen LogP contribution in [-0.4, -0.2) is 49.6 Å². The van der Waals surface area contributed by atoms with Crippen LogP contribution in [0.15, 0.2) is 66.2 Å². The number of amides is 1. The summed E-state index contributed by atoms with van der Waals surface area (Å²) in [5.41, 5.74) is 2.83. The fraction of sp³-hybridized carbons (Fsp3) is 0.267. The minimum atomic E-state index is -0.828. The average Bonchev–Trinajstić information content (AvgIpc) is 3.21. The summed E-state index contributed by atoms with van der Waals surface area (Å²) in [6, 6.07) is 17.0. The largest absolute Gasteiger partial charge is 0.507 e. The molecule has 1 atom stereocenters. The summed E-state index contributed by atoms with van der Waals surface area (Å²) in [6.07, 6.45) is 1.68. The molecule has 1 saturated heterocycles. The predicted molar refractivity (Wildman–Crippen MR) is 141 cm³/mol. The number of hydrogen-bond acceptors (Lipinski definition) is 7. The quantitative estimate of drug-likeness (QED) is 0.278. The van der Waals surface area contributed by atoms with Gasteiger partial charge in [0.2, 0.25) is 0 Å². The Morgan fingerprint density at radius 3 is 2.55 bits per heavy atom. The number of aryl methyl sites for hydroxylation is 1. The van der Waals surface area contributed by atoms with Gasteiger partial charge in [-0.25, -0.2) is 0 Å². The van der Waals surface area contributed by atoms with Gasteiger partial charge in [0.15, 0.2) is 11.5 Å². The van der Waals surface area contributed by atoms with Crippen LogP contribution in [0.4, 0.5) is 0 Å². The summed E-state index contributed by atoms with van der Waals surface area (Å²) in [4.78, 5) is 28.4. The number of fused-ring (bicyclic) bond motifs is 1. The third-order valence-corrected chi connectivity index (χ3v) is 6.93. The first kappa shape index (κ1) is 25.2. The van der Waals surface area contributed by atoms with Gasteiger partial charge in [-0.3, -0.25) is 9.59 Å². The summed E-state index contributed by atoms with van der Waals surface area (Å²) < 4.78 is 21.9. The standard InChI is InChI=1S/C30H29NO7/c1-35-22-8-4-6-20(16-22)27-26(28(32)21-10-12-23-19(15-21)7-5-13-38-23)29(33)30(34)31(27)17-18-9-11-24(36-2)25(14-18)37-3/h4,6,8-12,14-16,27,32H,5,7,13,17H2,1-3H3/b28-26-. The minimum absolute atomic E-state index is 0.0282. The number of carbonyl (C=O) groups excluding carboxylic acids is 2. The van der Waals surface area contributed by atoms with Crippen LogP contribution in [0.1, 0.15) is 34.7 Å². The number of benzene rings is 3. The molecule has 2 aliphatic rings. The zero-order valence-corrected chi connectivity index (χ0v) is 21.5. The van der Waals surface area contributed by atoms with Crippen LogP contribution in [0, 0.1) is 0 Å². The van der Waals surface area contributed by atoms with E-state index in [1.54, 1.807) is 56.7 Å². The molecular formula is C30H29NO7. The second-order valence-corrected chi connectivity index (χ2v) is 9.17. The van der Waals surface area contributed by atoms with Gasteiger partial charge in [0.05, 0.1) is 39.6 Å². The highest BCUT2D eigenvalue weighted by molar-refractivity contribution is 6.46. The highest BCUT2D eigenvalue weighted by atomic mass is 16.5. The van der Waals surface area contributed by atoms with E-state index < -0.39 is 17.7 Å². The van der Waals surface area contributed by atoms with Crippen LogP contribution in [0.2, 0.25) is 0 Å². The second kappa shape index (κ2) is 10.5. The van der Waals surface area contributed by atoms with E-state index >= 15 is 0 Å². The summed E-state index contributed by atoms with van der Waals surface area (Å²) in [5, 5.41) is 11.5. The first-order valence-corrected chi connectivity index (χ1v) is 12.3. The number of likely N-dealkylation sites (tertiary alicyclic amines) is 1. The van der Waals surface area contributed by atoms with Crippen molar-refractivity contribution in [2.24, 2.45) is 0 Å². The van der Waals surface area contributed by atoms with E-state index in [2.05, 4.69) is 0 Å². The predicted octanol–water partition coefficient (Wildman–Crippen LogP) is 4.66. The third kappa shape index (κ3) is 4.53. The molecule has 196 valence electrons. The molecule has 2 aliphatic heterocycles. The van der Waals surface area contributed by atoms with E-state index in [-0.39, 0.29) is 17.9 Å². The fourth-order valence-electron chi connectivity index (χ4n) is 5.04. The van der Waals surface area contributed by atoms with Gasteiger partial charge in [0.25, 0.3) is 11.7 Å². The molecule has 3 aromatic rings. The van der Waals surface area contributed by atoms with Crippen molar-refractivity contribution >= 4 is 17.4 Å². The lowest BCUT2D eigenvalue weighted by Gasteiger charge is -2.26. The molecule has 0 spiro atoms. The lowest BCUT2D eigenvalue weighted by atomic mass is 9.93. The summed E-state index contributed by atoms with van der Waals surface area (Å²) in [6.45, 7) is 0.761. The van der Waals surface area contributed by atoms with E-state index in [1.165, 1.54) is 12.0 Å². The van der Waals surface area contributed by atoms with Crippen molar-refractivity contribution in [1.29, 1.82) is 0 Å². The SMILES string of the molecule is COc1cccc(C2/C(=C(/O)c3ccc4c(c3)CCCO4)C(=O)C(=O)N2Cc2ccc(OC)c(OC)c2)c1. The van der Waals surface area contributed by atoms with Crippen LogP contribution in [0.5, 0.6) is 23.0 Å². The van der Waals surface area contributed by atoms with Crippen LogP contribution < -0.4 is 18.9 Å². The van der Waals surface area contributed by atoms with Crippen molar-refractivity contribution in [2.45, 2.75) is 25.4 Å². The zero-order chi connectivity index (χ0) is 26.8. The summed E-state index contributed by atoms with van der Waals surface area (Å²) in [5.74, 6) is 0.741. The first-order valence-electron chi connectivity index (χ1n) is 12.3. The van der Waals surface area contributed by atoms with Gasteiger partial charge in [-0.2, -0.15) is 0 Å². The number of rotatable bonds is 7. The van der Waals surface area contributed by atoms with Crippen molar-refractivity contribution in [3.05, 3.63) is 88.5 Å². The van der Waals surface area contributed by atoms with E-state index in [4.69, 9.17) is 18.9 Å². The van der Waals surface area contributed by atoms with Crippen LogP contribution >= 0.6 is 0 Å². The number of carbonyl (C=O) groups is 2. The maximum absolute atomic E-state index is 13.5. The molecule has 0 aliphatic carbocycles. The van der Waals surface area contributed by atoms with Gasteiger partial charge < -0.3 is 29.0 Å². The molecule has 2 heterocycles. The molecule has 8 heteroatoms.